The molecular weight excluding hydrogens is 384 g/mol. The van der Waals surface area contributed by atoms with Crippen LogP contribution in [0.15, 0.2) is 54.6 Å². The summed E-state index contributed by atoms with van der Waals surface area (Å²) in [4.78, 5) is 0. The summed E-state index contributed by atoms with van der Waals surface area (Å²) < 4.78 is 0. The van der Waals surface area contributed by atoms with Crippen molar-refractivity contribution in [2.45, 2.75) is 110 Å². The molecule has 1 radical (unpaired) electrons. The van der Waals surface area contributed by atoms with E-state index >= 15 is 0 Å². The fraction of sp³-hybridized carbons (Fsp3) is 0.531. The molecule has 3 aromatic rings. The first-order valence-corrected chi connectivity index (χ1v) is 13.6. The molecule has 32 heavy (non-hydrogen) atoms. The average molecular weight is 430 g/mol. The van der Waals surface area contributed by atoms with E-state index in [0.29, 0.717) is 0 Å². The van der Waals surface area contributed by atoms with E-state index in [0.717, 1.165) is 0 Å². The molecule has 0 heteroatoms. The van der Waals surface area contributed by atoms with Gasteiger partial charge in [0.25, 0.3) is 0 Å². The highest BCUT2D eigenvalue weighted by atomic mass is 14.1. The van der Waals surface area contributed by atoms with Crippen molar-refractivity contribution in [2.24, 2.45) is 0 Å². The number of hydrogen-bond donors (Lipinski definition) is 0. The lowest BCUT2D eigenvalue weighted by atomic mass is 9.96. The Bertz CT molecular complexity index is 891. The van der Waals surface area contributed by atoms with Crippen LogP contribution in [-0.2, 0) is 0 Å². The molecule has 0 saturated carbocycles. The van der Waals surface area contributed by atoms with Crippen LogP contribution >= 0.6 is 0 Å². The highest BCUT2D eigenvalue weighted by molar-refractivity contribution is 6.00. The van der Waals surface area contributed by atoms with Crippen molar-refractivity contribution in [3.05, 3.63) is 66.6 Å². The number of hydrogen-bond acceptors (Lipinski definition) is 0. The van der Waals surface area contributed by atoms with E-state index < -0.39 is 0 Å². The summed E-state index contributed by atoms with van der Waals surface area (Å²) in [5, 5.41) is 5.42. The van der Waals surface area contributed by atoms with Crippen molar-refractivity contribution >= 4 is 21.5 Å². The molecule has 0 aliphatic rings. The Balaban J connectivity index is 1.22. The van der Waals surface area contributed by atoms with E-state index in [1.165, 1.54) is 130 Å². The number of benzene rings is 3. The minimum atomic E-state index is 1.20. The van der Waals surface area contributed by atoms with Crippen molar-refractivity contribution < 1.29 is 0 Å². The molecule has 0 aliphatic carbocycles. The Morgan fingerprint density at radius 3 is 1.59 bits per heavy atom. The van der Waals surface area contributed by atoms with E-state index in [1.54, 1.807) is 0 Å². The number of unbranched alkanes of at least 4 members (excludes halogenated alkanes) is 15. The molecule has 0 N–H and O–H groups in total. The maximum absolute atomic E-state index is 2.46. The lowest BCUT2D eigenvalue weighted by Gasteiger charge is -2.08. The molecule has 0 fully saturated rings. The molecule has 3 aromatic carbocycles. The van der Waals surface area contributed by atoms with Crippen LogP contribution in [0.5, 0.6) is 0 Å². The Hall–Kier alpha value is -1.82. The van der Waals surface area contributed by atoms with Crippen LogP contribution < -0.4 is 0 Å². The van der Waals surface area contributed by atoms with Gasteiger partial charge in [-0.3, -0.25) is 0 Å². The first-order valence-electron chi connectivity index (χ1n) is 13.6. The third kappa shape index (κ3) is 8.61. The van der Waals surface area contributed by atoms with Crippen LogP contribution in [0.2, 0.25) is 0 Å². The van der Waals surface area contributed by atoms with Gasteiger partial charge in [-0.05, 0) is 52.1 Å². The van der Waals surface area contributed by atoms with Crippen LogP contribution in [0.25, 0.3) is 21.5 Å². The van der Waals surface area contributed by atoms with Gasteiger partial charge >= 0.3 is 0 Å². The fourth-order valence-electron chi connectivity index (χ4n) is 4.94. The molecule has 0 unspecified atom stereocenters. The van der Waals surface area contributed by atoms with Crippen molar-refractivity contribution in [3.63, 3.8) is 0 Å². The summed E-state index contributed by atoms with van der Waals surface area (Å²) in [5.41, 5.74) is 1.40. The lowest BCUT2D eigenvalue weighted by Crippen LogP contribution is -1.87. The second-order valence-corrected chi connectivity index (χ2v) is 9.71. The van der Waals surface area contributed by atoms with Crippen LogP contribution in [-0.4, -0.2) is 0 Å². The minimum Gasteiger partial charge on any atom is -0.0654 e. The molecule has 0 nitrogen and oxygen atoms in total. The van der Waals surface area contributed by atoms with Gasteiger partial charge in [-0.2, -0.15) is 0 Å². The normalized spacial score (nSPS) is 11.5. The summed E-state index contributed by atoms with van der Waals surface area (Å²) in [7, 11) is 0. The van der Waals surface area contributed by atoms with E-state index in [4.69, 9.17) is 0 Å². The molecular formula is C32H45. The lowest BCUT2D eigenvalue weighted by molar-refractivity contribution is 0.532. The van der Waals surface area contributed by atoms with Gasteiger partial charge in [-0.25, -0.2) is 0 Å². The van der Waals surface area contributed by atoms with E-state index in [-0.39, 0.29) is 0 Å². The Morgan fingerprint density at radius 2 is 1.00 bits per heavy atom. The zero-order valence-corrected chi connectivity index (χ0v) is 20.6. The Morgan fingerprint density at radius 1 is 0.500 bits per heavy atom. The largest absolute Gasteiger partial charge is 0.0654 e. The van der Waals surface area contributed by atoms with Crippen LogP contribution in [0.1, 0.15) is 115 Å². The van der Waals surface area contributed by atoms with Gasteiger partial charge in [0.2, 0.25) is 0 Å². The predicted octanol–water partition coefficient (Wildman–Crippen LogP) is 10.8. The summed E-state index contributed by atoms with van der Waals surface area (Å²) in [6.45, 7) is 2.30. The average Bonchev–Trinajstić information content (AvgIpc) is 2.82. The van der Waals surface area contributed by atoms with Crippen LogP contribution in [0.3, 0.4) is 0 Å². The topological polar surface area (TPSA) is 0 Å². The molecule has 0 amide bonds. The summed E-state index contributed by atoms with van der Waals surface area (Å²) in [5.74, 6) is 0. The zero-order chi connectivity index (χ0) is 22.3. The second kappa shape index (κ2) is 15.1. The monoisotopic (exact) mass is 429 g/mol. The van der Waals surface area contributed by atoms with Crippen molar-refractivity contribution in [1.82, 2.24) is 0 Å². The van der Waals surface area contributed by atoms with Crippen molar-refractivity contribution in [3.8, 4) is 0 Å². The number of rotatable bonds is 17. The molecule has 0 saturated heterocycles. The molecule has 0 bridgehead atoms. The van der Waals surface area contributed by atoms with E-state index in [1.807, 2.05) is 0 Å². The Kier molecular flexibility index (Phi) is 11.7. The van der Waals surface area contributed by atoms with Crippen LogP contribution in [0.4, 0.5) is 0 Å². The Labute approximate surface area is 197 Å². The van der Waals surface area contributed by atoms with E-state index in [2.05, 4.69) is 67.9 Å². The molecule has 0 spiro atoms. The summed E-state index contributed by atoms with van der Waals surface area (Å²) in [6.07, 6.45) is 25.1. The fourth-order valence-corrected chi connectivity index (χ4v) is 4.94. The third-order valence-corrected chi connectivity index (χ3v) is 6.95. The van der Waals surface area contributed by atoms with Gasteiger partial charge in [-0.1, -0.05) is 146 Å². The smallest absolute Gasteiger partial charge is 0.00867 e. The zero-order valence-electron chi connectivity index (χ0n) is 20.6. The first-order chi connectivity index (χ1) is 15.9. The van der Waals surface area contributed by atoms with Crippen molar-refractivity contribution in [2.75, 3.05) is 0 Å². The summed E-state index contributed by atoms with van der Waals surface area (Å²) in [6, 6.07) is 20.1. The molecule has 0 atom stereocenters. The van der Waals surface area contributed by atoms with E-state index in [9.17, 15) is 0 Å². The molecule has 0 aromatic heterocycles. The van der Waals surface area contributed by atoms with Gasteiger partial charge in [0, 0.05) is 0 Å². The SMILES string of the molecule is CCCCCCCCCCCCCCCCC[CH]c1cccc2cc3ccccc3cc12. The minimum absolute atomic E-state index is 1.20. The highest BCUT2D eigenvalue weighted by Crippen LogP contribution is 2.27. The van der Waals surface area contributed by atoms with Gasteiger partial charge < -0.3 is 0 Å². The predicted molar refractivity (Wildman–Crippen MR) is 144 cm³/mol. The maximum atomic E-state index is 2.46. The number of fused-ring (bicyclic) bond motifs is 2. The van der Waals surface area contributed by atoms with Gasteiger partial charge in [0.05, 0.1) is 0 Å². The molecule has 173 valence electrons. The first kappa shape index (κ1) is 24.8. The highest BCUT2D eigenvalue weighted by Gasteiger charge is 2.04. The van der Waals surface area contributed by atoms with Gasteiger partial charge in [-0.15, -0.1) is 0 Å². The van der Waals surface area contributed by atoms with Crippen LogP contribution in [0, 0.1) is 6.42 Å². The standard InChI is InChI=1S/C32H45/c1-2-3-4-5-6-7-8-9-10-11-12-13-14-15-16-17-21-28-24-20-25-31-26-29-22-18-19-23-30(29)27-32(28)31/h18-27H,2-17H2,1H3. The molecule has 0 aliphatic heterocycles. The second-order valence-electron chi connectivity index (χ2n) is 9.71. The van der Waals surface area contributed by atoms with Gasteiger partial charge in [0.15, 0.2) is 0 Å². The molecule has 3 rings (SSSR count). The van der Waals surface area contributed by atoms with Gasteiger partial charge in [0.1, 0.15) is 0 Å². The quantitative estimate of drug-likeness (QED) is 0.148. The third-order valence-electron chi connectivity index (χ3n) is 6.95. The van der Waals surface area contributed by atoms with Crippen molar-refractivity contribution in [1.29, 1.82) is 0 Å². The summed E-state index contributed by atoms with van der Waals surface area (Å²) >= 11 is 0. The maximum Gasteiger partial charge on any atom is -0.00867 e. The molecule has 0 heterocycles.